The van der Waals surface area contributed by atoms with E-state index in [2.05, 4.69) is 34.0 Å². The molecule has 4 amide bonds. The minimum Gasteiger partial charge on any atom is -0.477 e. The minimum atomic E-state index is -1.10. The van der Waals surface area contributed by atoms with Crippen LogP contribution >= 0.6 is 0 Å². The Bertz CT molecular complexity index is 2360. The molecule has 2 aliphatic rings. The average Bonchev–Trinajstić information content (AvgIpc) is 3.57. The van der Waals surface area contributed by atoms with Crippen LogP contribution in [0.15, 0.2) is 53.7 Å². The van der Waals surface area contributed by atoms with Crippen LogP contribution in [0.25, 0.3) is 16.6 Å². The summed E-state index contributed by atoms with van der Waals surface area (Å²) >= 11 is 0. The molecule has 0 spiro atoms. The van der Waals surface area contributed by atoms with Gasteiger partial charge in [0.15, 0.2) is 0 Å². The molecule has 62 heavy (non-hydrogen) atoms. The molecule has 0 saturated carbocycles. The summed E-state index contributed by atoms with van der Waals surface area (Å²) in [5.74, 6) is -3.08. The third-order valence-corrected chi connectivity index (χ3v) is 12.0. The molecule has 4 N–H and O–H groups in total. The summed E-state index contributed by atoms with van der Waals surface area (Å²) in [7, 11) is 3.44. The second kappa shape index (κ2) is 20.2. The fourth-order valence-corrected chi connectivity index (χ4v) is 8.67. The number of piperidine rings is 1. The van der Waals surface area contributed by atoms with E-state index in [0.717, 1.165) is 18.4 Å². The molecule has 4 heterocycles. The number of hydrogen-bond acceptors (Lipinski definition) is 10. The van der Waals surface area contributed by atoms with Crippen LogP contribution in [-0.2, 0) is 27.3 Å². The standard InChI is InChI=1S/C46H57F2N9O5/c1-7-9-34(43(60)51-26-58)41-36(47)20-30(21-37(41)48)13-15-56-16-14-33(19-29(56)4)55(6)45(61)31-11-12-38-40(23-31)57-25-27(2)10-8-17-62-44(50-5)35(24-49)39-22-32(18-28(3)52-39)42(59)54-46(57)53-38/h11-12,18,20-24,26-27,29,33-34H,7-10,13-17,19,25,49H2,1-6H3,(H,51,58,60)(H,53,54,59)/t27-,29+,33+,34-/m1/s1. The van der Waals surface area contributed by atoms with Crippen molar-refractivity contribution in [2.24, 2.45) is 16.6 Å². The second-order valence-corrected chi connectivity index (χ2v) is 16.5. The molecule has 14 nitrogen and oxygen atoms in total. The lowest BCUT2D eigenvalue weighted by Gasteiger charge is -2.41. The molecule has 2 aromatic heterocycles. The Hall–Kier alpha value is -6.03. The lowest BCUT2D eigenvalue weighted by atomic mass is 9.91. The molecule has 4 atom stereocenters. The molecule has 16 heteroatoms. The van der Waals surface area contributed by atoms with Gasteiger partial charge in [-0.3, -0.25) is 39.8 Å². The highest BCUT2D eigenvalue weighted by Gasteiger charge is 2.32. The van der Waals surface area contributed by atoms with Crippen molar-refractivity contribution in [2.75, 3.05) is 39.1 Å². The summed E-state index contributed by atoms with van der Waals surface area (Å²) in [5, 5.41) is 5.05. The van der Waals surface area contributed by atoms with Gasteiger partial charge in [0.1, 0.15) is 11.6 Å². The predicted octanol–water partition coefficient (Wildman–Crippen LogP) is 6.37. The maximum absolute atomic E-state index is 15.3. The molecule has 2 aliphatic heterocycles. The highest BCUT2D eigenvalue weighted by atomic mass is 19.1. The zero-order valence-electron chi connectivity index (χ0n) is 36.3. The number of carbonyl (C=O) groups is 4. The number of nitrogens with two attached hydrogens (primary N) is 1. The topological polar surface area (TPSA) is 177 Å². The van der Waals surface area contributed by atoms with E-state index in [-0.39, 0.29) is 48.2 Å². The summed E-state index contributed by atoms with van der Waals surface area (Å²) in [6.45, 7) is 9.99. The van der Waals surface area contributed by atoms with Gasteiger partial charge in [0.2, 0.25) is 24.2 Å². The summed E-state index contributed by atoms with van der Waals surface area (Å²) in [6.07, 6.45) is 5.66. The second-order valence-electron chi connectivity index (χ2n) is 16.5. The molecule has 0 radical (unpaired) electrons. The molecule has 2 bridgehead atoms. The summed E-state index contributed by atoms with van der Waals surface area (Å²) < 4.78 is 38.6. The van der Waals surface area contributed by atoms with E-state index in [1.807, 2.05) is 29.1 Å². The van der Waals surface area contributed by atoms with Crippen molar-refractivity contribution in [1.82, 2.24) is 29.7 Å². The van der Waals surface area contributed by atoms with Crippen LogP contribution in [0, 0.1) is 24.5 Å². The summed E-state index contributed by atoms with van der Waals surface area (Å²) in [5.41, 5.74) is 9.95. The van der Waals surface area contributed by atoms with Gasteiger partial charge in [-0.2, -0.15) is 0 Å². The van der Waals surface area contributed by atoms with Crippen molar-refractivity contribution in [1.29, 1.82) is 0 Å². The number of ether oxygens (including phenoxy) is 1. The number of anilines is 1. The van der Waals surface area contributed by atoms with Crippen LogP contribution in [0.3, 0.4) is 0 Å². The van der Waals surface area contributed by atoms with Crippen LogP contribution in [-0.4, -0.2) is 100 Å². The van der Waals surface area contributed by atoms with Gasteiger partial charge in [-0.15, -0.1) is 0 Å². The first kappa shape index (κ1) is 45.5. The van der Waals surface area contributed by atoms with E-state index in [9.17, 15) is 19.2 Å². The molecule has 0 aliphatic carbocycles. The number of nitrogens with zero attached hydrogens (tertiary/aromatic N) is 6. The zero-order valence-corrected chi connectivity index (χ0v) is 36.3. The minimum absolute atomic E-state index is 0.0436. The molecular weight excluding hydrogens is 797 g/mol. The van der Waals surface area contributed by atoms with E-state index < -0.39 is 23.5 Å². The Morgan fingerprint density at radius 1 is 1.13 bits per heavy atom. The van der Waals surface area contributed by atoms with Crippen molar-refractivity contribution in [3.8, 4) is 0 Å². The lowest BCUT2D eigenvalue weighted by molar-refractivity contribution is -0.126. The SMILES string of the molecule is CCC[C@@H](C(=O)NC=O)c1c(F)cc(CCN2CC[C@H](N(C)C(=O)c3ccc4nc5n(c4c3)C[C@H](C)CCCOC(=NC)C(=CN)c3cc(cc(C)n3)C(=O)N5)C[C@@H]2C)cc1F. The molecule has 6 rings (SSSR count). The lowest BCUT2D eigenvalue weighted by Crippen LogP contribution is -2.49. The van der Waals surface area contributed by atoms with Gasteiger partial charge >= 0.3 is 0 Å². The molecule has 4 aromatic rings. The third-order valence-electron chi connectivity index (χ3n) is 12.0. The first-order valence-electron chi connectivity index (χ1n) is 21.3. The number of aliphatic imine (C=N–C) groups is 1. The maximum atomic E-state index is 15.3. The average molecular weight is 854 g/mol. The Kier molecular flexibility index (Phi) is 14.8. The molecule has 0 unspecified atom stereocenters. The number of aryl methyl sites for hydroxylation is 1. The number of amides is 4. The summed E-state index contributed by atoms with van der Waals surface area (Å²) in [4.78, 5) is 69.0. The van der Waals surface area contributed by atoms with Gasteiger partial charge in [-0.1, -0.05) is 20.3 Å². The van der Waals surface area contributed by atoms with Crippen LogP contribution in [0.1, 0.15) is 108 Å². The number of carbonyl (C=O) groups excluding carboxylic acids is 4. The predicted molar refractivity (Wildman–Crippen MR) is 235 cm³/mol. The number of rotatable bonds is 10. The Balaban J connectivity index is 1.16. The molecule has 2 aromatic carbocycles. The monoisotopic (exact) mass is 853 g/mol. The Morgan fingerprint density at radius 2 is 1.89 bits per heavy atom. The fraction of sp³-hybridized carbons (Fsp3) is 0.457. The fourth-order valence-electron chi connectivity index (χ4n) is 8.67. The van der Waals surface area contributed by atoms with E-state index in [1.54, 1.807) is 44.0 Å². The van der Waals surface area contributed by atoms with Gasteiger partial charge in [-0.05, 0) is 106 Å². The Morgan fingerprint density at radius 3 is 2.56 bits per heavy atom. The number of fused-ring (bicyclic) bond motifs is 5. The number of imide groups is 1. The normalized spacial score (nSPS) is 20.7. The number of likely N-dealkylation sites (tertiary alicyclic amines) is 1. The van der Waals surface area contributed by atoms with Gasteiger partial charge in [0.25, 0.3) is 11.8 Å². The smallest absolute Gasteiger partial charge is 0.258 e. The van der Waals surface area contributed by atoms with Gasteiger partial charge in [0.05, 0.1) is 34.8 Å². The Labute approximate surface area is 361 Å². The highest BCUT2D eigenvalue weighted by molar-refractivity contribution is 6.19. The number of aromatic nitrogens is 3. The van der Waals surface area contributed by atoms with E-state index in [1.165, 1.54) is 18.3 Å². The van der Waals surface area contributed by atoms with E-state index in [4.69, 9.17) is 15.5 Å². The third kappa shape index (κ3) is 10.2. The van der Waals surface area contributed by atoms with Gasteiger partial charge in [0, 0.05) is 74.4 Å². The quantitative estimate of drug-likeness (QED) is 0.153. The number of pyridine rings is 1. The van der Waals surface area contributed by atoms with Crippen molar-refractivity contribution in [3.63, 3.8) is 0 Å². The van der Waals surface area contributed by atoms with Crippen molar-refractivity contribution >= 4 is 52.6 Å². The molecule has 330 valence electrons. The molecular formula is C46H57F2N9O5. The number of nitrogens with one attached hydrogen (secondary N) is 2. The van der Waals surface area contributed by atoms with Crippen LogP contribution in [0.4, 0.5) is 14.7 Å². The number of halogens is 2. The van der Waals surface area contributed by atoms with Crippen LogP contribution in [0.5, 0.6) is 0 Å². The van der Waals surface area contributed by atoms with Crippen molar-refractivity contribution < 1.29 is 32.7 Å². The van der Waals surface area contributed by atoms with Crippen molar-refractivity contribution in [3.05, 3.63) is 93.9 Å². The molecule has 1 fully saturated rings. The summed E-state index contributed by atoms with van der Waals surface area (Å²) in [6, 6.07) is 11.4. The first-order chi connectivity index (χ1) is 29.8. The van der Waals surface area contributed by atoms with E-state index >= 15 is 8.78 Å². The van der Waals surface area contributed by atoms with Gasteiger partial charge < -0.3 is 24.8 Å². The van der Waals surface area contributed by atoms with Gasteiger partial charge in [-0.25, -0.2) is 13.8 Å². The maximum Gasteiger partial charge on any atom is 0.258 e. The zero-order chi connectivity index (χ0) is 44.7. The van der Waals surface area contributed by atoms with Crippen LogP contribution < -0.4 is 16.4 Å². The van der Waals surface area contributed by atoms with Crippen molar-refractivity contribution in [2.45, 2.75) is 97.2 Å². The largest absolute Gasteiger partial charge is 0.477 e. The first-order valence-corrected chi connectivity index (χ1v) is 21.3. The van der Waals surface area contributed by atoms with E-state index in [0.29, 0.717) is 103 Å². The number of benzene rings is 2. The van der Waals surface area contributed by atoms with Crippen LogP contribution in [0.2, 0.25) is 0 Å². The number of imidazole rings is 1. The number of hydrogen-bond donors (Lipinski definition) is 3. The molecule has 1 saturated heterocycles. The highest BCUT2D eigenvalue weighted by Crippen LogP contribution is 2.31.